The molecular weight excluding hydrogens is 226 g/mol. The number of esters is 1. The van der Waals surface area contributed by atoms with Crippen LogP contribution in [0.4, 0.5) is 5.69 Å². The third kappa shape index (κ3) is 2.33. The number of carbonyl (C=O) groups excluding carboxylic acids is 1. The Bertz CT molecular complexity index is 414. The van der Waals surface area contributed by atoms with Gasteiger partial charge in [0.15, 0.2) is 0 Å². The Balaban J connectivity index is 2.08. The number of hydrogen-bond acceptors (Lipinski definition) is 6. The third-order valence-electron chi connectivity index (χ3n) is 2.55. The van der Waals surface area contributed by atoms with Crippen LogP contribution in [0.15, 0.2) is 6.20 Å². The van der Waals surface area contributed by atoms with E-state index < -0.39 is 6.04 Å². The van der Waals surface area contributed by atoms with Gasteiger partial charge >= 0.3 is 5.97 Å². The van der Waals surface area contributed by atoms with Crippen LogP contribution in [0, 0.1) is 0 Å². The molecule has 7 nitrogen and oxygen atoms in total. The number of anilines is 1. The molecule has 0 bridgehead atoms. The molecular formula is C10H15N3O4. The van der Waals surface area contributed by atoms with Crippen molar-refractivity contribution in [3.8, 4) is 5.88 Å². The molecule has 2 N–H and O–H groups in total. The second-order valence-electron chi connectivity index (χ2n) is 3.85. The number of nitrogens with zero attached hydrogens (tertiary/aromatic N) is 2. The summed E-state index contributed by atoms with van der Waals surface area (Å²) in [5, 5.41) is 4.11. The van der Waals surface area contributed by atoms with Crippen LogP contribution < -0.4 is 10.5 Å². The zero-order valence-corrected chi connectivity index (χ0v) is 9.75. The standard InChI is InChI=1S/C10H15N3O4/c1-6(10(14)15-2)13-3-8(11)9(12-13)17-7-4-16-5-7/h3,6-7H,4-5,11H2,1-2H3/t6-/m1/s1. The smallest absolute Gasteiger partial charge is 0.330 e. The Kier molecular flexibility index (Phi) is 3.19. The molecule has 0 saturated carbocycles. The van der Waals surface area contributed by atoms with Crippen LogP contribution in [0.1, 0.15) is 13.0 Å². The lowest BCUT2D eigenvalue weighted by molar-refractivity contribution is -0.144. The van der Waals surface area contributed by atoms with Crippen molar-refractivity contribution in [2.24, 2.45) is 0 Å². The topological polar surface area (TPSA) is 88.6 Å². The number of nitrogens with two attached hydrogens (primary N) is 1. The van der Waals surface area contributed by atoms with Crippen molar-refractivity contribution < 1.29 is 19.0 Å². The molecule has 7 heteroatoms. The molecule has 1 aliphatic heterocycles. The normalized spacial score (nSPS) is 17.3. The van der Waals surface area contributed by atoms with Gasteiger partial charge < -0.3 is 19.9 Å². The Morgan fingerprint density at radius 2 is 2.41 bits per heavy atom. The Morgan fingerprint density at radius 3 is 2.94 bits per heavy atom. The molecule has 0 radical (unpaired) electrons. The molecule has 0 aliphatic carbocycles. The van der Waals surface area contributed by atoms with Gasteiger partial charge in [-0.2, -0.15) is 0 Å². The van der Waals surface area contributed by atoms with Gasteiger partial charge in [-0.15, -0.1) is 5.10 Å². The van der Waals surface area contributed by atoms with Crippen LogP contribution in [0.2, 0.25) is 0 Å². The first-order valence-corrected chi connectivity index (χ1v) is 5.28. The first-order chi connectivity index (χ1) is 8.11. The van der Waals surface area contributed by atoms with Crippen LogP contribution in [0.3, 0.4) is 0 Å². The molecule has 94 valence electrons. The lowest BCUT2D eigenvalue weighted by atomic mass is 10.3. The minimum absolute atomic E-state index is 0.00548. The van der Waals surface area contributed by atoms with Gasteiger partial charge in [-0.1, -0.05) is 0 Å². The number of aromatic nitrogens is 2. The fourth-order valence-corrected chi connectivity index (χ4v) is 1.40. The SMILES string of the molecule is COC(=O)[C@@H](C)n1cc(N)c(OC2COC2)n1. The van der Waals surface area contributed by atoms with Gasteiger partial charge in [-0.25, -0.2) is 4.79 Å². The molecule has 2 rings (SSSR count). The van der Waals surface area contributed by atoms with Crippen molar-refractivity contribution in [1.29, 1.82) is 0 Å². The van der Waals surface area contributed by atoms with Gasteiger partial charge in [0.25, 0.3) is 5.88 Å². The quantitative estimate of drug-likeness (QED) is 0.745. The highest BCUT2D eigenvalue weighted by molar-refractivity contribution is 5.73. The molecule has 0 amide bonds. The van der Waals surface area contributed by atoms with Crippen LogP contribution in [0.5, 0.6) is 5.88 Å². The third-order valence-corrected chi connectivity index (χ3v) is 2.55. The zero-order chi connectivity index (χ0) is 12.4. The number of methoxy groups -OCH3 is 1. The average molecular weight is 241 g/mol. The molecule has 0 aromatic carbocycles. The monoisotopic (exact) mass is 241 g/mol. The van der Waals surface area contributed by atoms with Crippen molar-refractivity contribution >= 4 is 11.7 Å². The van der Waals surface area contributed by atoms with Crippen molar-refractivity contribution in [2.75, 3.05) is 26.1 Å². The van der Waals surface area contributed by atoms with E-state index in [-0.39, 0.29) is 12.1 Å². The summed E-state index contributed by atoms with van der Waals surface area (Å²) in [4.78, 5) is 11.3. The maximum Gasteiger partial charge on any atom is 0.330 e. The fourth-order valence-electron chi connectivity index (χ4n) is 1.40. The van der Waals surface area contributed by atoms with E-state index in [0.29, 0.717) is 24.8 Å². The highest BCUT2D eigenvalue weighted by Gasteiger charge is 2.24. The minimum Gasteiger partial charge on any atom is -0.467 e. The first-order valence-electron chi connectivity index (χ1n) is 5.28. The fraction of sp³-hybridized carbons (Fsp3) is 0.600. The Hall–Kier alpha value is -1.76. The second kappa shape index (κ2) is 4.62. The number of ether oxygens (including phenoxy) is 3. The summed E-state index contributed by atoms with van der Waals surface area (Å²) in [5.41, 5.74) is 6.14. The van der Waals surface area contributed by atoms with Crippen LogP contribution in [-0.4, -0.2) is 42.2 Å². The number of carbonyl (C=O) groups is 1. The summed E-state index contributed by atoms with van der Waals surface area (Å²) in [6, 6.07) is -0.530. The number of rotatable bonds is 4. The molecule has 1 saturated heterocycles. The maximum absolute atomic E-state index is 11.3. The summed E-state index contributed by atoms with van der Waals surface area (Å²) in [5.74, 6) is -0.0555. The Labute approximate surface area is 98.4 Å². The summed E-state index contributed by atoms with van der Waals surface area (Å²) < 4.78 is 16.5. The van der Waals surface area contributed by atoms with Gasteiger partial charge in [0, 0.05) is 0 Å². The van der Waals surface area contributed by atoms with Crippen molar-refractivity contribution in [3.05, 3.63) is 6.20 Å². The van der Waals surface area contributed by atoms with Crippen LogP contribution in [0.25, 0.3) is 0 Å². The average Bonchev–Trinajstić information content (AvgIpc) is 2.63. The molecule has 2 heterocycles. The predicted molar refractivity (Wildman–Crippen MR) is 58.6 cm³/mol. The van der Waals surface area contributed by atoms with Gasteiger partial charge in [-0.3, -0.25) is 4.68 Å². The van der Waals surface area contributed by atoms with E-state index in [1.54, 1.807) is 13.1 Å². The molecule has 0 spiro atoms. The maximum atomic E-state index is 11.3. The second-order valence-corrected chi connectivity index (χ2v) is 3.85. The highest BCUT2D eigenvalue weighted by atomic mass is 16.6. The largest absolute Gasteiger partial charge is 0.467 e. The van der Waals surface area contributed by atoms with Crippen molar-refractivity contribution in [1.82, 2.24) is 9.78 Å². The summed E-state index contributed by atoms with van der Waals surface area (Å²) in [7, 11) is 1.33. The molecule has 0 unspecified atom stereocenters. The lowest BCUT2D eigenvalue weighted by Crippen LogP contribution is -2.38. The molecule has 1 aliphatic rings. The van der Waals surface area contributed by atoms with Crippen LogP contribution >= 0.6 is 0 Å². The van der Waals surface area contributed by atoms with E-state index in [0.717, 1.165) is 0 Å². The van der Waals surface area contributed by atoms with E-state index in [9.17, 15) is 4.79 Å². The summed E-state index contributed by atoms with van der Waals surface area (Å²) >= 11 is 0. The van der Waals surface area contributed by atoms with Crippen molar-refractivity contribution in [3.63, 3.8) is 0 Å². The number of hydrogen-bond donors (Lipinski definition) is 1. The van der Waals surface area contributed by atoms with E-state index >= 15 is 0 Å². The van der Waals surface area contributed by atoms with Gasteiger partial charge in [0.05, 0.1) is 26.5 Å². The Morgan fingerprint density at radius 1 is 1.71 bits per heavy atom. The lowest BCUT2D eigenvalue weighted by Gasteiger charge is -2.25. The van der Waals surface area contributed by atoms with E-state index in [4.69, 9.17) is 15.2 Å². The first kappa shape index (κ1) is 11.7. The predicted octanol–water partition coefficient (Wildman–Crippen LogP) is -0.0231. The number of nitrogen functional groups attached to an aromatic ring is 1. The van der Waals surface area contributed by atoms with Gasteiger partial charge in [0.2, 0.25) is 0 Å². The molecule has 1 atom stereocenters. The van der Waals surface area contributed by atoms with Gasteiger partial charge in [0.1, 0.15) is 17.8 Å². The summed E-state index contributed by atoms with van der Waals surface area (Å²) in [6.07, 6.45) is 1.55. The van der Waals surface area contributed by atoms with Crippen LogP contribution in [-0.2, 0) is 14.3 Å². The molecule has 1 aromatic rings. The van der Waals surface area contributed by atoms with Gasteiger partial charge in [-0.05, 0) is 6.92 Å². The molecule has 1 aromatic heterocycles. The zero-order valence-electron chi connectivity index (χ0n) is 9.75. The summed E-state index contributed by atoms with van der Waals surface area (Å²) in [6.45, 7) is 2.76. The van der Waals surface area contributed by atoms with E-state index in [1.165, 1.54) is 11.8 Å². The highest BCUT2D eigenvalue weighted by Crippen LogP contribution is 2.23. The van der Waals surface area contributed by atoms with Crippen molar-refractivity contribution in [2.45, 2.75) is 19.1 Å². The van der Waals surface area contributed by atoms with E-state index in [1.807, 2.05) is 0 Å². The molecule has 1 fully saturated rings. The minimum atomic E-state index is -0.530. The van der Waals surface area contributed by atoms with E-state index in [2.05, 4.69) is 9.84 Å². The molecule has 17 heavy (non-hydrogen) atoms.